The number of aliphatic hydroxyl groups excluding tert-OH is 1. The molecule has 0 aromatic rings. The molecule has 1 amide bonds. The van der Waals surface area contributed by atoms with Crippen LogP contribution in [0, 0.1) is 0 Å². The van der Waals surface area contributed by atoms with Gasteiger partial charge in [-0.1, -0.05) is 67.7 Å². The van der Waals surface area contributed by atoms with Crippen LogP contribution >= 0.6 is 0 Å². The molecule has 0 aliphatic carbocycles. The molecule has 0 spiro atoms. The SMILES string of the molecule is CC/C=C\CC1OC1/C=C/CC/C=C\C/C=C\C/C=C\CCC(=O)NCCO. The van der Waals surface area contributed by atoms with E-state index in [4.69, 9.17) is 9.84 Å². The highest BCUT2D eigenvalue weighted by atomic mass is 16.6. The van der Waals surface area contributed by atoms with Crippen LogP contribution in [0.3, 0.4) is 0 Å². The largest absolute Gasteiger partial charge is 0.395 e. The molecule has 1 aliphatic heterocycles. The number of carbonyl (C=O) groups excluding carboxylic acids is 1. The predicted octanol–water partition coefficient (Wildman–Crippen LogP) is 4.78. The maximum atomic E-state index is 11.3. The minimum Gasteiger partial charge on any atom is -0.395 e. The van der Waals surface area contributed by atoms with E-state index in [1.165, 1.54) is 0 Å². The molecular formula is C24H37NO3. The summed E-state index contributed by atoms with van der Waals surface area (Å²) in [4.78, 5) is 11.3. The number of amides is 1. The smallest absolute Gasteiger partial charge is 0.220 e. The molecule has 0 bridgehead atoms. The molecule has 4 heteroatoms. The first-order valence-corrected chi connectivity index (χ1v) is 10.6. The second kappa shape index (κ2) is 17.2. The van der Waals surface area contributed by atoms with Crippen LogP contribution in [0.1, 0.15) is 58.3 Å². The fraction of sp³-hybridized carbons (Fsp3) is 0.542. The molecule has 0 saturated carbocycles. The van der Waals surface area contributed by atoms with Gasteiger partial charge in [0.1, 0.15) is 6.10 Å². The van der Waals surface area contributed by atoms with E-state index in [0.717, 1.165) is 44.9 Å². The van der Waals surface area contributed by atoms with Gasteiger partial charge < -0.3 is 15.2 Å². The van der Waals surface area contributed by atoms with Crippen LogP contribution in [-0.4, -0.2) is 36.4 Å². The summed E-state index contributed by atoms with van der Waals surface area (Å²) in [6.07, 6.45) is 29.7. The zero-order valence-electron chi connectivity index (χ0n) is 17.3. The Bertz CT molecular complexity index is 546. The Morgan fingerprint density at radius 1 is 0.929 bits per heavy atom. The summed E-state index contributed by atoms with van der Waals surface area (Å²) in [7, 11) is 0. The number of carbonyl (C=O) groups is 1. The van der Waals surface area contributed by atoms with Crippen LogP contribution in [0.15, 0.2) is 60.8 Å². The van der Waals surface area contributed by atoms with Crippen LogP contribution in [0.25, 0.3) is 0 Å². The van der Waals surface area contributed by atoms with E-state index in [9.17, 15) is 4.79 Å². The predicted molar refractivity (Wildman–Crippen MR) is 117 cm³/mol. The van der Waals surface area contributed by atoms with Crippen molar-refractivity contribution >= 4 is 5.91 Å². The number of unbranched alkanes of at least 4 members (excludes halogenated alkanes) is 1. The van der Waals surface area contributed by atoms with Crippen LogP contribution in [0.4, 0.5) is 0 Å². The van der Waals surface area contributed by atoms with Crippen LogP contribution in [0.5, 0.6) is 0 Å². The highest BCUT2D eigenvalue weighted by molar-refractivity contribution is 5.75. The lowest BCUT2D eigenvalue weighted by Crippen LogP contribution is -2.25. The molecule has 0 radical (unpaired) electrons. The molecule has 1 aliphatic rings. The maximum absolute atomic E-state index is 11.3. The molecule has 1 heterocycles. The van der Waals surface area contributed by atoms with Gasteiger partial charge >= 0.3 is 0 Å². The normalized spacial score (nSPS) is 19.8. The van der Waals surface area contributed by atoms with E-state index >= 15 is 0 Å². The molecule has 0 aromatic carbocycles. The molecule has 2 atom stereocenters. The van der Waals surface area contributed by atoms with Crippen molar-refractivity contribution in [2.24, 2.45) is 0 Å². The van der Waals surface area contributed by atoms with Crippen LogP contribution in [-0.2, 0) is 9.53 Å². The van der Waals surface area contributed by atoms with Gasteiger partial charge in [0.2, 0.25) is 5.91 Å². The van der Waals surface area contributed by atoms with Gasteiger partial charge in [0, 0.05) is 13.0 Å². The third-order valence-electron chi connectivity index (χ3n) is 4.23. The average molecular weight is 388 g/mol. The average Bonchev–Trinajstić information content (AvgIpc) is 3.45. The lowest BCUT2D eigenvalue weighted by atomic mass is 10.2. The van der Waals surface area contributed by atoms with Gasteiger partial charge in [0.25, 0.3) is 0 Å². The maximum Gasteiger partial charge on any atom is 0.220 e. The molecule has 2 N–H and O–H groups in total. The van der Waals surface area contributed by atoms with Crippen molar-refractivity contribution in [3.05, 3.63) is 60.8 Å². The summed E-state index contributed by atoms with van der Waals surface area (Å²) in [5, 5.41) is 11.2. The molecule has 0 aromatic heterocycles. The van der Waals surface area contributed by atoms with E-state index in [0.29, 0.717) is 25.2 Å². The van der Waals surface area contributed by atoms with Crippen molar-refractivity contribution in [2.45, 2.75) is 70.5 Å². The lowest BCUT2D eigenvalue weighted by molar-refractivity contribution is -0.121. The highest BCUT2D eigenvalue weighted by Crippen LogP contribution is 2.27. The summed E-state index contributed by atoms with van der Waals surface area (Å²) in [6, 6.07) is 0. The number of rotatable bonds is 16. The van der Waals surface area contributed by atoms with E-state index in [1.54, 1.807) is 0 Å². The quantitative estimate of drug-likeness (QED) is 0.227. The Morgan fingerprint density at radius 3 is 2.32 bits per heavy atom. The molecule has 1 fully saturated rings. The number of epoxide rings is 1. The molecule has 1 rings (SSSR count). The summed E-state index contributed by atoms with van der Waals surface area (Å²) in [5.74, 6) is -0.0113. The third kappa shape index (κ3) is 14.2. The highest BCUT2D eigenvalue weighted by Gasteiger charge is 2.34. The summed E-state index contributed by atoms with van der Waals surface area (Å²) in [6.45, 7) is 2.47. The van der Waals surface area contributed by atoms with Crippen molar-refractivity contribution in [1.82, 2.24) is 5.32 Å². The second-order valence-corrected chi connectivity index (χ2v) is 6.76. The summed E-state index contributed by atoms with van der Waals surface area (Å²) < 4.78 is 5.60. The van der Waals surface area contributed by atoms with Crippen molar-refractivity contribution in [3.63, 3.8) is 0 Å². The van der Waals surface area contributed by atoms with Crippen LogP contribution < -0.4 is 5.32 Å². The molecular weight excluding hydrogens is 350 g/mol. The number of hydrogen-bond donors (Lipinski definition) is 2. The Kier molecular flexibility index (Phi) is 14.8. The first-order chi connectivity index (χ1) is 13.8. The Hall–Kier alpha value is -1.91. The monoisotopic (exact) mass is 387 g/mol. The molecule has 28 heavy (non-hydrogen) atoms. The zero-order chi connectivity index (χ0) is 20.3. The zero-order valence-corrected chi connectivity index (χ0v) is 17.3. The summed E-state index contributed by atoms with van der Waals surface area (Å²) in [5.41, 5.74) is 0. The number of ether oxygens (including phenoxy) is 1. The minimum absolute atomic E-state index is 0.00936. The Balaban J connectivity index is 1.92. The van der Waals surface area contributed by atoms with Crippen molar-refractivity contribution < 1.29 is 14.6 Å². The van der Waals surface area contributed by atoms with E-state index in [2.05, 4.69) is 66.9 Å². The van der Waals surface area contributed by atoms with E-state index in [1.807, 2.05) is 6.08 Å². The van der Waals surface area contributed by atoms with Gasteiger partial charge in [-0.3, -0.25) is 4.79 Å². The van der Waals surface area contributed by atoms with Crippen LogP contribution in [0.2, 0.25) is 0 Å². The molecule has 2 unspecified atom stereocenters. The Labute approximate surface area is 170 Å². The molecule has 4 nitrogen and oxygen atoms in total. The van der Waals surface area contributed by atoms with Gasteiger partial charge in [-0.25, -0.2) is 0 Å². The second-order valence-electron chi connectivity index (χ2n) is 6.76. The van der Waals surface area contributed by atoms with Crippen molar-refractivity contribution in [3.8, 4) is 0 Å². The fourth-order valence-electron chi connectivity index (χ4n) is 2.61. The molecule has 1 saturated heterocycles. The van der Waals surface area contributed by atoms with Gasteiger partial charge in [0.15, 0.2) is 0 Å². The number of nitrogens with one attached hydrogen (secondary N) is 1. The standard InChI is InChI=1S/C24H37NO3/c1-2-3-14-17-22-23(28-22)18-15-12-10-8-6-4-5-7-9-11-13-16-19-24(27)25-20-21-26/h3,5-8,11,13-15,18,22-23,26H,2,4,9-10,12,16-17,19-21H2,1H3,(H,25,27)/b7-5-,8-6-,13-11-,14-3-,18-15+. The van der Waals surface area contributed by atoms with Crippen molar-refractivity contribution in [1.29, 1.82) is 0 Å². The fourth-order valence-corrected chi connectivity index (χ4v) is 2.61. The summed E-state index contributed by atoms with van der Waals surface area (Å²) >= 11 is 0. The van der Waals surface area contributed by atoms with E-state index in [-0.39, 0.29) is 12.5 Å². The lowest BCUT2D eigenvalue weighted by Gasteiger charge is -1.99. The van der Waals surface area contributed by atoms with Crippen molar-refractivity contribution in [2.75, 3.05) is 13.2 Å². The third-order valence-corrected chi connectivity index (χ3v) is 4.23. The van der Waals surface area contributed by atoms with E-state index < -0.39 is 0 Å². The molecule has 156 valence electrons. The van der Waals surface area contributed by atoms with Gasteiger partial charge in [-0.05, 0) is 44.9 Å². The number of aliphatic hydroxyl groups is 1. The van der Waals surface area contributed by atoms with Gasteiger partial charge in [-0.2, -0.15) is 0 Å². The number of hydrogen-bond acceptors (Lipinski definition) is 3. The first kappa shape index (κ1) is 24.1. The number of allylic oxidation sites excluding steroid dienone is 8. The Morgan fingerprint density at radius 2 is 1.61 bits per heavy atom. The van der Waals surface area contributed by atoms with Gasteiger partial charge in [-0.15, -0.1) is 0 Å². The first-order valence-electron chi connectivity index (χ1n) is 10.6. The van der Waals surface area contributed by atoms with Gasteiger partial charge in [0.05, 0.1) is 12.7 Å². The topological polar surface area (TPSA) is 61.9 Å². The minimum atomic E-state index is -0.0113.